The van der Waals surface area contributed by atoms with Gasteiger partial charge >= 0.3 is 0 Å². The van der Waals surface area contributed by atoms with Crippen molar-refractivity contribution in [2.45, 2.75) is 46.0 Å². The number of nitrogens with zero attached hydrogens (tertiary/aromatic N) is 1. The molecule has 17 heavy (non-hydrogen) atoms. The topological polar surface area (TPSA) is 15.3 Å². The Labute approximate surface area is 107 Å². The van der Waals surface area contributed by atoms with Gasteiger partial charge in [0, 0.05) is 6.54 Å². The number of hydrogen-bond acceptors (Lipinski definition) is 2. The molecule has 3 atom stereocenters. The summed E-state index contributed by atoms with van der Waals surface area (Å²) in [6, 6.07) is 0. The highest BCUT2D eigenvalue weighted by atomic mass is 15.1. The fourth-order valence-electron chi connectivity index (χ4n) is 3.48. The SMILES string of the molecule is CC1CCCN(CCC(C)C2CCCNC2)C1. The minimum Gasteiger partial charge on any atom is -0.316 e. The second-order valence-corrected chi connectivity index (χ2v) is 6.42. The summed E-state index contributed by atoms with van der Waals surface area (Å²) in [5, 5.41) is 3.55. The summed E-state index contributed by atoms with van der Waals surface area (Å²) in [4.78, 5) is 2.70. The standard InChI is InChI=1S/C15H30N2/c1-13-5-4-9-17(12-13)10-7-14(2)15-6-3-8-16-11-15/h13-16H,3-12H2,1-2H3. The molecular weight excluding hydrogens is 208 g/mol. The number of likely N-dealkylation sites (tertiary alicyclic amines) is 1. The Hall–Kier alpha value is -0.0800. The lowest BCUT2D eigenvalue weighted by Gasteiger charge is -2.33. The minimum absolute atomic E-state index is 0.903. The fraction of sp³-hybridized carbons (Fsp3) is 1.00. The lowest BCUT2D eigenvalue weighted by molar-refractivity contribution is 0.160. The second kappa shape index (κ2) is 6.75. The van der Waals surface area contributed by atoms with Crippen LogP contribution in [-0.4, -0.2) is 37.6 Å². The van der Waals surface area contributed by atoms with Crippen molar-refractivity contribution in [3.63, 3.8) is 0 Å². The molecule has 2 heteroatoms. The summed E-state index contributed by atoms with van der Waals surface area (Å²) in [6.07, 6.45) is 7.10. The van der Waals surface area contributed by atoms with Crippen LogP contribution in [0.5, 0.6) is 0 Å². The molecule has 0 aromatic heterocycles. The van der Waals surface area contributed by atoms with Gasteiger partial charge in [-0.15, -0.1) is 0 Å². The molecule has 3 unspecified atom stereocenters. The van der Waals surface area contributed by atoms with E-state index in [9.17, 15) is 0 Å². The molecule has 0 aromatic rings. The lowest BCUT2D eigenvalue weighted by atomic mass is 9.85. The van der Waals surface area contributed by atoms with Crippen molar-refractivity contribution in [3.05, 3.63) is 0 Å². The van der Waals surface area contributed by atoms with Crippen LogP contribution in [0.25, 0.3) is 0 Å². The van der Waals surface area contributed by atoms with E-state index < -0.39 is 0 Å². The zero-order valence-corrected chi connectivity index (χ0v) is 11.8. The predicted octanol–water partition coefficient (Wildman–Crippen LogP) is 2.74. The Morgan fingerprint density at radius 3 is 2.88 bits per heavy atom. The largest absolute Gasteiger partial charge is 0.316 e. The van der Waals surface area contributed by atoms with E-state index in [-0.39, 0.29) is 0 Å². The van der Waals surface area contributed by atoms with Crippen LogP contribution < -0.4 is 5.32 Å². The molecule has 0 amide bonds. The molecule has 2 aliphatic heterocycles. The van der Waals surface area contributed by atoms with Crippen LogP contribution in [0, 0.1) is 17.8 Å². The maximum absolute atomic E-state index is 3.55. The molecule has 2 nitrogen and oxygen atoms in total. The van der Waals surface area contributed by atoms with Gasteiger partial charge in [-0.25, -0.2) is 0 Å². The summed E-state index contributed by atoms with van der Waals surface area (Å²) < 4.78 is 0. The smallest absolute Gasteiger partial charge is 0.000703 e. The molecule has 1 N–H and O–H groups in total. The van der Waals surface area contributed by atoms with Gasteiger partial charge in [0.25, 0.3) is 0 Å². The molecule has 0 radical (unpaired) electrons. The molecule has 0 aromatic carbocycles. The maximum Gasteiger partial charge on any atom is 0.000703 e. The van der Waals surface area contributed by atoms with Crippen molar-refractivity contribution in [3.8, 4) is 0 Å². The first-order valence-electron chi connectivity index (χ1n) is 7.69. The van der Waals surface area contributed by atoms with Crippen molar-refractivity contribution in [1.82, 2.24) is 10.2 Å². The van der Waals surface area contributed by atoms with Crippen LogP contribution in [0.15, 0.2) is 0 Å². The number of hydrogen-bond donors (Lipinski definition) is 1. The molecule has 100 valence electrons. The molecule has 2 aliphatic rings. The van der Waals surface area contributed by atoms with Gasteiger partial charge in [0.15, 0.2) is 0 Å². The maximum atomic E-state index is 3.55. The van der Waals surface area contributed by atoms with E-state index in [1.807, 2.05) is 0 Å². The van der Waals surface area contributed by atoms with Gasteiger partial charge in [-0.3, -0.25) is 0 Å². The monoisotopic (exact) mass is 238 g/mol. The van der Waals surface area contributed by atoms with Crippen LogP contribution >= 0.6 is 0 Å². The highest BCUT2D eigenvalue weighted by Crippen LogP contribution is 2.24. The Morgan fingerprint density at radius 2 is 2.18 bits per heavy atom. The van der Waals surface area contributed by atoms with E-state index in [0.29, 0.717) is 0 Å². The average molecular weight is 238 g/mol. The van der Waals surface area contributed by atoms with E-state index >= 15 is 0 Å². The van der Waals surface area contributed by atoms with Crippen molar-refractivity contribution in [2.75, 3.05) is 32.7 Å². The van der Waals surface area contributed by atoms with Crippen LogP contribution in [0.1, 0.15) is 46.0 Å². The summed E-state index contributed by atoms with van der Waals surface area (Å²) in [6.45, 7) is 11.4. The Balaban J connectivity index is 1.66. The Morgan fingerprint density at radius 1 is 1.29 bits per heavy atom. The molecule has 2 saturated heterocycles. The zero-order chi connectivity index (χ0) is 12.1. The first-order chi connectivity index (χ1) is 8.25. The molecule has 0 aliphatic carbocycles. The second-order valence-electron chi connectivity index (χ2n) is 6.42. The van der Waals surface area contributed by atoms with E-state index in [1.54, 1.807) is 0 Å². The van der Waals surface area contributed by atoms with Crippen molar-refractivity contribution in [1.29, 1.82) is 0 Å². The third-order valence-electron chi connectivity index (χ3n) is 4.78. The predicted molar refractivity (Wildman–Crippen MR) is 74.2 cm³/mol. The molecule has 2 heterocycles. The highest BCUT2D eigenvalue weighted by Gasteiger charge is 2.21. The highest BCUT2D eigenvalue weighted by molar-refractivity contribution is 4.76. The van der Waals surface area contributed by atoms with E-state index in [2.05, 4.69) is 24.1 Å². The summed E-state index contributed by atoms with van der Waals surface area (Å²) >= 11 is 0. The van der Waals surface area contributed by atoms with Gasteiger partial charge < -0.3 is 10.2 Å². The Kier molecular flexibility index (Phi) is 5.30. The normalized spacial score (nSPS) is 33.5. The van der Waals surface area contributed by atoms with Gasteiger partial charge in [-0.05, 0) is 76.0 Å². The molecule has 0 bridgehead atoms. The number of piperidine rings is 2. The molecule has 2 rings (SSSR count). The third-order valence-corrected chi connectivity index (χ3v) is 4.78. The van der Waals surface area contributed by atoms with Crippen LogP contribution in [0.2, 0.25) is 0 Å². The first kappa shape index (κ1) is 13.4. The molecule has 0 spiro atoms. The molecular formula is C15H30N2. The van der Waals surface area contributed by atoms with Crippen molar-refractivity contribution >= 4 is 0 Å². The first-order valence-corrected chi connectivity index (χ1v) is 7.69. The van der Waals surface area contributed by atoms with Crippen LogP contribution in [-0.2, 0) is 0 Å². The van der Waals surface area contributed by atoms with E-state index in [1.165, 1.54) is 64.8 Å². The van der Waals surface area contributed by atoms with Crippen molar-refractivity contribution in [2.24, 2.45) is 17.8 Å². The molecule has 0 saturated carbocycles. The van der Waals surface area contributed by atoms with E-state index in [4.69, 9.17) is 0 Å². The fourth-order valence-corrected chi connectivity index (χ4v) is 3.48. The van der Waals surface area contributed by atoms with Gasteiger partial charge in [-0.2, -0.15) is 0 Å². The number of nitrogens with one attached hydrogen (secondary N) is 1. The van der Waals surface area contributed by atoms with Crippen molar-refractivity contribution < 1.29 is 0 Å². The lowest BCUT2D eigenvalue weighted by Crippen LogP contribution is -2.38. The zero-order valence-electron chi connectivity index (χ0n) is 11.8. The van der Waals surface area contributed by atoms with Gasteiger partial charge in [0.1, 0.15) is 0 Å². The van der Waals surface area contributed by atoms with Crippen LogP contribution in [0.4, 0.5) is 0 Å². The molecule has 2 fully saturated rings. The minimum atomic E-state index is 0.903. The van der Waals surface area contributed by atoms with E-state index in [0.717, 1.165) is 17.8 Å². The van der Waals surface area contributed by atoms with Gasteiger partial charge in [-0.1, -0.05) is 13.8 Å². The summed E-state index contributed by atoms with van der Waals surface area (Å²) in [5.41, 5.74) is 0. The van der Waals surface area contributed by atoms with Crippen LogP contribution in [0.3, 0.4) is 0 Å². The quantitative estimate of drug-likeness (QED) is 0.810. The summed E-state index contributed by atoms with van der Waals surface area (Å²) in [7, 11) is 0. The Bertz CT molecular complexity index is 211. The average Bonchev–Trinajstić information content (AvgIpc) is 2.37. The summed E-state index contributed by atoms with van der Waals surface area (Å²) in [5.74, 6) is 2.77. The van der Waals surface area contributed by atoms with Gasteiger partial charge in [0.2, 0.25) is 0 Å². The third kappa shape index (κ3) is 4.26. The number of rotatable bonds is 4. The van der Waals surface area contributed by atoms with Gasteiger partial charge in [0.05, 0.1) is 0 Å².